The van der Waals surface area contributed by atoms with Gasteiger partial charge in [-0.25, -0.2) is 8.78 Å². The van der Waals surface area contributed by atoms with Crippen molar-refractivity contribution < 1.29 is 8.78 Å². The Labute approximate surface area is 85.4 Å². The molecule has 2 nitrogen and oxygen atoms in total. The van der Waals surface area contributed by atoms with E-state index < -0.39 is 11.6 Å². The van der Waals surface area contributed by atoms with Crippen molar-refractivity contribution in [3.63, 3.8) is 0 Å². The fourth-order valence-electron chi connectivity index (χ4n) is 1.34. The van der Waals surface area contributed by atoms with Crippen LogP contribution in [-0.2, 0) is 0 Å². The molecule has 0 saturated carbocycles. The summed E-state index contributed by atoms with van der Waals surface area (Å²) in [6.45, 7) is 0. The lowest BCUT2D eigenvalue weighted by atomic mass is 10.1. The third-order valence-corrected chi connectivity index (χ3v) is 2.02. The Morgan fingerprint density at radius 2 is 2.00 bits per heavy atom. The Hall–Kier alpha value is -1.97. The van der Waals surface area contributed by atoms with Gasteiger partial charge in [-0.3, -0.25) is 4.98 Å². The van der Waals surface area contributed by atoms with Crippen molar-refractivity contribution >= 4 is 5.69 Å². The van der Waals surface area contributed by atoms with E-state index in [1.54, 1.807) is 18.3 Å². The summed E-state index contributed by atoms with van der Waals surface area (Å²) in [5.41, 5.74) is 6.25. The summed E-state index contributed by atoms with van der Waals surface area (Å²) in [5.74, 6) is -1.86. The summed E-state index contributed by atoms with van der Waals surface area (Å²) in [7, 11) is 0. The number of aromatic nitrogens is 1. The van der Waals surface area contributed by atoms with Crippen molar-refractivity contribution in [3.8, 4) is 11.1 Å². The molecule has 0 amide bonds. The van der Waals surface area contributed by atoms with Gasteiger partial charge in [0.1, 0.15) is 0 Å². The van der Waals surface area contributed by atoms with Gasteiger partial charge in [0.2, 0.25) is 0 Å². The molecular formula is C11H8F2N2. The van der Waals surface area contributed by atoms with Gasteiger partial charge in [0.15, 0.2) is 11.6 Å². The number of anilines is 1. The second kappa shape index (κ2) is 3.65. The Morgan fingerprint density at radius 3 is 2.67 bits per heavy atom. The van der Waals surface area contributed by atoms with Gasteiger partial charge >= 0.3 is 0 Å². The summed E-state index contributed by atoms with van der Waals surface area (Å²) >= 11 is 0. The van der Waals surface area contributed by atoms with Crippen molar-refractivity contribution in [2.24, 2.45) is 0 Å². The molecule has 1 aromatic heterocycles. The molecule has 2 N–H and O–H groups in total. The molecule has 0 saturated heterocycles. The van der Waals surface area contributed by atoms with Crippen molar-refractivity contribution in [3.05, 3.63) is 48.3 Å². The second-order valence-electron chi connectivity index (χ2n) is 3.11. The first kappa shape index (κ1) is 9.58. The fourth-order valence-corrected chi connectivity index (χ4v) is 1.34. The highest BCUT2D eigenvalue weighted by Crippen LogP contribution is 2.26. The normalized spacial score (nSPS) is 10.3. The first-order chi connectivity index (χ1) is 7.18. The summed E-state index contributed by atoms with van der Waals surface area (Å²) in [5, 5.41) is 0. The molecule has 15 heavy (non-hydrogen) atoms. The van der Waals surface area contributed by atoms with Crippen LogP contribution in [0, 0.1) is 11.6 Å². The maximum atomic E-state index is 13.4. The van der Waals surface area contributed by atoms with Crippen LogP contribution in [0.25, 0.3) is 11.1 Å². The monoisotopic (exact) mass is 206 g/mol. The average Bonchev–Trinajstić information content (AvgIpc) is 2.24. The van der Waals surface area contributed by atoms with Crippen molar-refractivity contribution in [1.82, 2.24) is 4.98 Å². The number of nitrogens with two attached hydrogens (primary N) is 1. The summed E-state index contributed by atoms with van der Waals surface area (Å²) in [6, 6.07) is 5.63. The van der Waals surface area contributed by atoms with E-state index in [9.17, 15) is 8.78 Å². The highest BCUT2D eigenvalue weighted by molar-refractivity contribution is 5.67. The highest BCUT2D eigenvalue weighted by Gasteiger charge is 2.11. The number of hydrogen-bond donors (Lipinski definition) is 1. The molecule has 1 aromatic carbocycles. The molecule has 0 aliphatic heterocycles. The van der Waals surface area contributed by atoms with E-state index in [4.69, 9.17) is 5.73 Å². The van der Waals surface area contributed by atoms with Crippen molar-refractivity contribution in [2.45, 2.75) is 0 Å². The molecule has 76 valence electrons. The topological polar surface area (TPSA) is 38.9 Å². The number of nitrogen functional groups attached to an aromatic ring is 1. The van der Waals surface area contributed by atoms with E-state index in [1.165, 1.54) is 12.3 Å². The highest BCUT2D eigenvalue weighted by atomic mass is 19.2. The SMILES string of the molecule is Nc1cc(F)c(F)c(-c2cccnc2)c1. The van der Waals surface area contributed by atoms with Gasteiger partial charge in [-0.05, 0) is 18.2 Å². The minimum atomic E-state index is -0.950. The number of benzene rings is 1. The zero-order chi connectivity index (χ0) is 10.8. The lowest BCUT2D eigenvalue weighted by molar-refractivity contribution is 0.512. The third kappa shape index (κ3) is 1.79. The van der Waals surface area contributed by atoms with Crippen LogP contribution >= 0.6 is 0 Å². The molecule has 0 unspecified atom stereocenters. The summed E-state index contributed by atoms with van der Waals surface area (Å²) in [6.07, 6.45) is 3.02. The largest absolute Gasteiger partial charge is 0.399 e. The molecule has 2 aromatic rings. The predicted molar refractivity (Wildman–Crippen MR) is 54.0 cm³/mol. The minimum absolute atomic E-state index is 0.126. The molecule has 1 heterocycles. The van der Waals surface area contributed by atoms with Crippen LogP contribution in [0.3, 0.4) is 0 Å². The predicted octanol–water partition coefficient (Wildman–Crippen LogP) is 2.61. The fraction of sp³-hybridized carbons (Fsp3) is 0. The van der Waals surface area contributed by atoms with Gasteiger partial charge in [-0.1, -0.05) is 6.07 Å². The molecule has 0 radical (unpaired) electrons. The standard InChI is InChI=1S/C11H8F2N2/c12-10-5-8(14)4-9(11(10)13)7-2-1-3-15-6-7/h1-6H,14H2. The molecule has 2 rings (SSSR count). The van der Waals surface area contributed by atoms with E-state index in [0.717, 1.165) is 6.07 Å². The molecule has 0 bridgehead atoms. The average molecular weight is 206 g/mol. The van der Waals surface area contributed by atoms with Gasteiger partial charge in [0.05, 0.1) is 0 Å². The molecule has 0 aliphatic carbocycles. The van der Waals surface area contributed by atoms with Crippen LogP contribution in [0.2, 0.25) is 0 Å². The second-order valence-corrected chi connectivity index (χ2v) is 3.11. The lowest BCUT2D eigenvalue weighted by Crippen LogP contribution is -1.94. The van der Waals surface area contributed by atoms with Crippen LogP contribution in [0.1, 0.15) is 0 Å². The van der Waals surface area contributed by atoms with Crippen molar-refractivity contribution in [1.29, 1.82) is 0 Å². The Bertz CT molecular complexity index is 483. The van der Waals surface area contributed by atoms with E-state index in [2.05, 4.69) is 4.98 Å². The van der Waals surface area contributed by atoms with E-state index in [1.807, 2.05) is 0 Å². The Morgan fingerprint density at radius 1 is 1.20 bits per heavy atom. The van der Waals surface area contributed by atoms with Gasteiger partial charge < -0.3 is 5.73 Å². The third-order valence-electron chi connectivity index (χ3n) is 2.02. The van der Waals surface area contributed by atoms with Gasteiger partial charge in [0.25, 0.3) is 0 Å². The van der Waals surface area contributed by atoms with Gasteiger partial charge in [-0.2, -0.15) is 0 Å². The van der Waals surface area contributed by atoms with Crippen LogP contribution in [0.4, 0.5) is 14.5 Å². The first-order valence-electron chi connectivity index (χ1n) is 4.33. The summed E-state index contributed by atoms with van der Waals surface area (Å²) in [4.78, 5) is 3.83. The molecular weight excluding hydrogens is 198 g/mol. The van der Waals surface area contributed by atoms with Crippen LogP contribution in [0.15, 0.2) is 36.7 Å². The summed E-state index contributed by atoms with van der Waals surface area (Å²) < 4.78 is 26.5. The maximum absolute atomic E-state index is 13.4. The molecule has 0 atom stereocenters. The van der Waals surface area contributed by atoms with Crippen LogP contribution < -0.4 is 5.73 Å². The number of hydrogen-bond acceptors (Lipinski definition) is 2. The van der Waals surface area contributed by atoms with Gasteiger partial charge in [-0.15, -0.1) is 0 Å². The Kier molecular flexibility index (Phi) is 2.33. The Balaban J connectivity index is 2.63. The zero-order valence-electron chi connectivity index (χ0n) is 7.74. The number of halogens is 2. The van der Waals surface area contributed by atoms with E-state index in [0.29, 0.717) is 5.56 Å². The van der Waals surface area contributed by atoms with E-state index >= 15 is 0 Å². The van der Waals surface area contributed by atoms with Gasteiger partial charge in [0, 0.05) is 29.2 Å². The smallest absolute Gasteiger partial charge is 0.166 e. The minimum Gasteiger partial charge on any atom is -0.399 e. The molecule has 0 fully saturated rings. The van der Waals surface area contributed by atoms with E-state index in [-0.39, 0.29) is 11.3 Å². The molecule has 4 heteroatoms. The van der Waals surface area contributed by atoms with Crippen LogP contribution in [-0.4, -0.2) is 4.98 Å². The lowest BCUT2D eigenvalue weighted by Gasteiger charge is -2.05. The first-order valence-corrected chi connectivity index (χ1v) is 4.33. The zero-order valence-corrected chi connectivity index (χ0v) is 7.74. The van der Waals surface area contributed by atoms with Crippen LogP contribution in [0.5, 0.6) is 0 Å². The number of rotatable bonds is 1. The quantitative estimate of drug-likeness (QED) is 0.728. The molecule has 0 aliphatic rings. The number of nitrogens with zero attached hydrogens (tertiary/aromatic N) is 1. The molecule has 0 spiro atoms. The van der Waals surface area contributed by atoms with Crippen molar-refractivity contribution in [2.75, 3.05) is 5.73 Å². The maximum Gasteiger partial charge on any atom is 0.166 e. The number of pyridine rings is 1.